The second-order valence-electron chi connectivity index (χ2n) is 5.55. The molecule has 90 valence electrons. The Balaban J connectivity index is 2.35. The summed E-state index contributed by atoms with van der Waals surface area (Å²) in [5.74, 6) is -0.161. The molecule has 17 heavy (non-hydrogen) atoms. The molecule has 0 atom stereocenters. The number of hydrogen-bond acceptors (Lipinski definition) is 2. The van der Waals surface area contributed by atoms with Gasteiger partial charge in [-0.3, -0.25) is 0 Å². The summed E-state index contributed by atoms with van der Waals surface area (Å²) in [6, 6.07) is 10.4. The van der Waals surface area contributed by atoms with Crippen molar-refractivity contribution in [1.82, 2.24) is 0 Å². The van der Waals surface area contributed by atoms with E-state index in [1.54, 1.807) is 0 Å². The highest BCUT2D eigenvalue weighted by atomic mass is 28.3. The highest BCUT2D eigenvalue weighted by Gasteiger charge is 2.45. The second kappa shape index (κ2) is 3.84. The zero-order valence-electron chi connectivity index (χ0n) is 10.8. The van der Waals surface area contributed by atoms with Crippen LogP contribution in [0.2, 0.25) is 13.1 Å². The van der Waals surface area contributed by atoms with Crippen molar-refractivity contribution in [3.8, 4) is 0 Å². The van der Waals surface area contributed by atoms with E-state index in [1.165, 1.54) is 5.19 Å². The number of esters is 1. The molecule has 0 saturated carbocycles. The van der Waals surface area contributed by atoms with Crippen molar-refractivity contribution in [2.75, 3.05) is 0 Å². The number of carbonyl (C=O) groups excluding carboxylic acids is 1. The molecule has 1 saturated heterocycles. The standard InChI is InChI=1S/C14H18O2Si/c1-14(2)12(13(15)16-14)10-17(3,4)11-8-6-5-7-9-11/h5-10H,1-4H3. The molecule has 0 spiro atoms. The van der Waals surface area contributed by atoms with Crippen molar-refractivity contribution in [1.29, 1.82) is 0 Å². The Labute approximate surface area is 103 Å². The molecule has 0 aliphatic carbocycles. The van der Waals surface area contributed by atoms with E-state index in [9.17, 15) is 4.79 Å². The molecule has 0 aromatic heterocycles. The number of ether oxygens (including phenoxy) is 1. The van der Waals surface area contributed by atoms with Gasteiger partial charge in [-0.15, -0.1) is 0 Å². The summed E-state index contributed by atoms with van der Waals surface area (Å²) < 4.78 is 5.14. The smallest absolute Gasteiger partial charge is 0.338 e. The lowest BCUT2D eigenvalue weighted by molar-refractivity contribution is -0.166. The molecule has 2 rings (SSSR count). The van der Waals surface area contributed by atoms with E-state index >= 15 is 0 Å². The minimum Gasteiger partial charge on any atom is -0.451 e. The predicted octanol–water partition coefficient (Wildman–Crippen LogP) is 2.40. The van der Waals surface area contributed by atoms with Gasteiger partial charge in [0.1, 0.15) is 13.7 Å². The lowest BCUT2D eigenvalue weighted by atomic mass is 9.94. The van der Waals surface area contributed by atoms with Crippen LogP contribution in [0.1, 0.15) is 13.8 Å². The van der Waals surface area contributed by atoms with Gasteiger partial charge in [0.15, 0.2) is 0 Å². The molecule has 0 amide bonds. The highest BCUT2D eigenvalue weighted by molar-refractivity contribution is 6.94. The Kier molecular flexibility index (Phi) is 2.74. The van der Waals surface area contributed by atoms with E-state index in [1.807, 2.05) is 32.0 Å². The van der Waals surface area contributed by atoms with Crippen LogP contribution in [0, 0.1) is 0 Å². The highest BCUT2D eigenvalue weighted by Crippen LogP contribution is 2.34. The zero-order valence-corrected chi connectivity index (χ0v) is 11.8. The maximum absolute atomic E-state index is 11.5. The predicted molar refractivity (Wildman–Crippen MR) is 71.8 cm³/mol. The summed E-state index contributed by atoms with van der Waals surface area (Å²) in [7, 11) is -1.71. The van der Waals surface area contributed by atoms with Crippen molar-refractivity contribution in [3.05, 3.63) is 41.6 Å². The maximum Gasteiger partial charge on any atom is 0.338 e. The topological polar surface area (TPSA) is 26.3 Å². The molecule has 1 aromatic carbocycles. The Morgan fingerprint density at radius 2 is 1.76 bits per heavy atom. The van der Waals surface area contributed by atoms with Gasteiger partial charge in [-0.2, -0.15) is 0 Å². The van der Waals surface area contributed by atoms with E-state index in [4.69, 9.17) is 4.74 Å². The van der Waals surface area contributed by atoms with Crippen LogP contribution in [0.3, 0.4) is 0 Å². The average molecular weight is 246 g/mol. The fourth-order valence-corrected chi connectivity index (χ4v) is 4.49. The van der Waals surface area contributed by atoms with E-state index < -0.39 is 13.7 Å². The van der Waals surface area contributed by atoms with Crippen LogP contribution in [0.4, 0.5) is 0 Å². The van der Waals surface area contributed by atoms with Gasteiger partial charge in [0.25, 0.3) is 0 Å². The molecule has 3 heteroatoms. The molecule has 1 aliphatic rings. The summed E-state index contributed by atoms with van der Waals surface area (Å²) >= 11 is 0. The first-order chi connectivity index (χ1) is 7.83. The lowest BCUT2D eigenvalue weighted by Gasteiger charge is -2.38. The van der Waals surface area contributed by atoms with Crippen LogP contribution in [-0.4, -0.2) is 19.6 Å². The third kappa shape index (κ3) is 2.20. The molecule has 2 nitrogen and oxygen atoms in total. The Hall–Kier alpha value is -1.35. The summed E-state index contributed by atoms with van der Waals surface area (Å²) in [6.07, 6.45) is 0. The third-order valence-electron chi connectivity index (χ3n) is 3.24. The zero-order chi connectivity index (χ0) is 12.7. The molecule has 0 N–H and O–H groups in total. The normalized spacial score (nSPS) is 20.9. The molecule has 1 fully saturated rings. The van der Waals surface area contributed by atoms with Gasteiger partial charge in [0.2, 0.25) is 0 Å². The summed E-state index contributed by atoms with van der Waals surface area (Å²) in [6.45, 7) is 8.37. The Bertz CT molecular complexity index is 472. The van der Waals surface area contributed by atoms with Crippen molar-refractivity contribution >= 4 is 19.2 Å². The van der Waals surface area contributed by atoms with E-state index in [0.717, 1.165) is 5.57 Å². The molecule has 0 radical (unpaired) electrons. The number of hydrogen-bond donors (Lipinski definition) is 0. The van der Waals surface area contributed by atoms with Gasteiger partial charge in [-0.1, -0.05) is 54.3 Å². The van der Waals surface area contributed by atoms with Gasteiger partial charge in [-0.25, -0.2) is 4.79 Å². The van der Waals surface area contributed by atoms with Crippen LogP contribution < -0.4 is 5.19 Å². The first-order valence-electron chi connectivity index (χ1n) is 5.85. The number of rotatable bonds is 2. The van der Waals surface area contributed by atoms with Crippen molar-refractivity contribution < 1.29 is 9.53 Å². The molecular weight excluding hydrogens is 228 g/mol. The monoisotopic (exact) mass is 246 g/mol. The van der Waals surface area contributed by atoms with Gasteiger partial charge < -0.3 is 4.74 Å². The Morgan fingerprint density at radius 3 is 2.24 bits per heavy atom. The van der Waals surface area contributed by atoms with Crippen LogP contribution in [0.15, 0.2) is 41.6 Å². The molecule has 1 aliphatic heterocycles. The van der Waals surface area contributed by atoms with Crippen LogP contribution in [-0.2, 0) is 9.53 Å². The third-order valence-corrected chi connectivity index (χ3v) is 6.07. The summed E-state index contributed by atoms with van der Waals surface area (Å²) in [5.41, 5.74) is 2.59. The first-order valence-corrected chi connectivity index (χ1v) is 8.93. The molecular formula is C14H18O2Si. The largest absolute Gasteiger partial charge is 0.451 e. The minimum atomic E-state index is -1.71. The van der Waals surface area contributed by atoms with E-state index in [2.05, 4.69) is 30.9 Å². The van der Waals surface area contributed by atoms with Crippen molar-refractivity contribution in [3.63, 3.8) is 0 Å². The summed E-state index contributed by atoms with van der Waals surface area (Å²) in [4.78, 5) is 11.5. The maximum atomic E-state index is 11.5. The fourth-order valence-electron chi connectivity index (χ4n) is 2.09. The minimum absolute atomic E-state index is 0.161. The van der Waals surface area contributed by atoms with E-state index in [0.29, 0.717) is 0 Å². The van der Waals surface area contributed by atoms with Crippen molar-refractivity contribution in [2.45, 2.75) is 32.5 Å². The summed E-state index contributed by atoms with van der Waals surface area (Å²) in [5, 5.41) is 1.34. The quantitative estimate of drug-likeness (QED) is 0.455. The van der Waals surface area contributed by atoms with Crippen LogP contribution >= 0.6 is 0 Å². The number of benzene rings is 1. The van der Waals surface area contributed by atoms with E-state index in [-0.39, 0.29) is 5.97 Å². The van der Waals surface area contributed by atoms with Crippen molar-refractivity contribution in [2.24, 2.45) is 0 Å². The van der Waals surface area contributed by atoms with Gasteiger partial charge in [0, 0.05) is 0 Å². The van der Waals surface area contributed by atoms with Crippen LogP contribution in [0.5, 0.6) is 0 Å². The lowest BCUT2D eigenvalue weighted by Crippen LogP contribution is -2.49. The van der Waals surface area contributed by atoms with Gasteiger partial charge in [0.05, 0.1) is 5.57 Å². The molecule has 1 aromatic rings. The SMILES string of the molecule is CC1(C)OC(=O)C1=C[Si](C)(C)c1ccccc1. The number of carbonyl (C=O) groups is 1. The molecule has 1 heterocycles. The fraction of sp³-hybridized carbons (Fsp3) is 0.357. The van der Waals surface area contributed by atoms with Crippen LogP contribution in [0.25, 0.3) is 0 Å². The number of cyclic esters (lactones) is 1. The Morgan fingerprint density at radius 1 is 1.18 bits per heavy atom. The first kappa shape index (κ1) is 12.1. The van der Waals surface area contributed by atoms with Gasteiger partial charge >= 0.3 is 5.97 Å². The molecule has 0 unspecified atom stereocenters. The average Bonchev–Trinajstić information content (AvgIpc) is 2.27. The second-order valence-corrected chi connectivity index (χ2v) is 9.85. The van der Waals surface area contributed by atoms with Gasteiger partial charge in [-0.05, 0) is 13.8 Å². The molecule has 0 bridgehead atoms.